The van der Waals surface area contributed by atoms with Crippen LogP contribution in [0.1, 0.15) is 17.3 Å². The third-order valence-electron chi connectivity index (χ3n) is 3.18. The number of rotatable bonds is 6. The number of carbonyl (C=O) groups is 2. The number of para-hydroxylation sites is 1. The fourth-order valence-corrected chi connectivity index (χ4v) is 2.68. The van der Waals surface area contributed by atoms with Crippen LogP contribution in [-0.2, 0) is 14.6 Å². The molecule has 0 heterocycles. The average Bonchev–Trinajstić information content (AvgIpc) is 2.53. The fraction of sp³-hybridized carbons (Fsp3) is 0.176. The molecule has 0 saturated carbocycles. The van der Waals surface area contributed by atoms with Crippen molar-refractivity contribution in [2.45, 2.75) is 11.8 Å². The number of benzene rings is 2. The van der Waals surface area contributed by atoms with E-state index in [1.165, 1.54) is 25.1 Å². The lowest BCUT2D eigenvalue weighted by Gasteiger charge is -2.10. The Morgan fingerprint density at radius 1 is 1.08 bits per heavy atom. The summed E-state index contributed by atoms with van der Waals surface area (Å²) in [7, 11) is -3.35. The third kappa shape index (κ3) is 4.66. The molecule has 0 aliphatic rings. The number of amides is 1. The van der Waals surface area contributed by atoms with Crippen LogP contribution in [0.25, 0.3) is 0 Å². The van der Waals surface area contributed by atoms with Gasteiger partial charge in [-0.05, 0) is 37.3 Å². The van der Waals surface area contributed by atoms with Crippen LogP contribution >= 0.6 is 0 Å². The molecule has 2 aromatic rings. The highest BCUT2D eigenvalue weighted by Gasteiger charge is 2.11. The molecule has 0 unspecified atom stereocenters. The standard InChI is InChI=1S/C17H17NO5S/c1-12(19)15-8-3-4-9-16(15)18-17(20)11-23-13-6-5-7-14(10-13)24(2,21)22/h3-10H,11H2,1-2H3,(H,18,20). The number of sulfone groups is 1. The summed E-state index contributed by atoms with van der Waals surface area (Å²) in [5, 5.41) is 2.60. The zero-order valence-electron chi connectivity index (χ0n) is 13.3. The number of hydrogen-bond acceptors (Lipinski definition) is 5. The summed E-state index contributed by atoms with van der Waals surface area (Å²) in [6.07, 6.45) is 1.09. The van der Waals surface area contributed by atoms with Gasteiger partial charge in [-0.2, -0.15) is 0 Å². The maximum absolute atomic E-state index is 12.0. The smallest absolute Gasteiger partial charge is 0.262 e. The van der Waals surface area contributed by atoms with Crippen molar-refractivity contribution in [2.24, 2.45) is 0 Å². The summed E-state index contributed by atoms with van der Waals surface area (Å²) in [5.74, 6) is -0.339. The van der Waals surface area contributed by atoms with Crippen LogP contribution in [0.5, 0.6) is 5.75 Å². The van der Waals surface area contributed by atoms with Crippen LogP contribution in [0.15, 0.2) is 53.4 Å². The van der Waals surface area contributed by atoms with Crippen molar-refractivity contribution in [1.82, 2.24) is 0 Å². The summed E-state index contributed by atoms with van der Waals surface area (Å²) < 4.78 is 28.3. The summed E-state index contributed by atoms with van der Waals surface area (Å²) in [6, 6.07) is 12.6. The molecule has 24 heavy (non-hydrogen) atoms. The van der Waals surface area contributed by atoms with E-state index in [1.54, 1.807) is 30.3 Å². The van der Waals surface area contributed by atoms with E-state index in [0.29, 0.717) is 11.3 Å². The van der Waals surface area contributed by atoms with Crippen molar-refractivity contribution in [2.75, 3.05) is 18.2 Å². The SMILES string of the molecule is CC(=O)c1ccccc1NC(=O)COc1cccc(S(C)(=O)=O)c1. The number of ketones is 1. The Bertz CT molecular complexity index is 874. The number of anilines is 1. The van der Waals surface area contributed by atoms with E-state index in [0.717, 1.165) is 6.26 Å². The van der Waals surface area contributed by atoms with Gasteiger partial charge in [0.05, 0.1) is 10.6 Å². The van der Waals surface area contributed by atoms with Gasteiger partial charge in [-0.25, -0.2) is 8.42 Å². The molecule has 0 aliphatic carbocycles. The highest BCUT2D eigenvalue weighted by atomic mass is 32.2. The lowest BCUT2D eigenvalue weighted by atomic mass is 10.1. The van der Waals surface area contributed by atoms with Crippen LogP contribution < -0.4 is 10.1 Å². The minimum Gasteiger partial charge on any atom is -0.484 e. The van der Waals surface area contributed by atoms with Crippen molar-refractivity contribution < 1.29 is 22.7 Å². The molecule has 0 spiro atoms. The molecule has 6 nitrogen and oxygen atoms in total. The second-order valence-corrected chi connectivity index (χ2v) is 7.20. The van der Waals surface area contributed by atoms with Crippen molar-refractivity contribution in [1.29, 1.82) is 0 Å². The maximum atomic E-state index is 12.0. The summed E-state index contributed by atoms with van der Waals surface area (Å²) >= 11 is 0. The molecule has 2 aromatic carbocycles. The van der Waals surface area contributed by atoms with E-state index < -0.39 is 15.7 Å². The van der Waals surface area contributed by atoms with E-state index in [4.69, 9.17) is 4.74 Å². The van der Waals surface area contributed by atoms with Gasteiger partial charge in [-0.1, -0.05) is 18.2 Å². The van der Waals surface area contributed by atoms with E-state index in [9.17, 15) is 18.0 Å². The van der Waals surface area contributed by atoms with Crippen LogP contribution in [0.4, 0.5) is 5.69 Å². The topological polar surface area (TPSA) is 89.5 Å². The van der Waals surface area contributed by atoms with Gasteiger partial charge in [-0.3, -0.25) is 9.59 Å². The molecule has 7 heteroatoms. The van der Waals surface area contributed by atoms with Gasteiger partial charge >= 0.3 is 0 Å². The van der Waals surface area contributed by atoms with Crippen molar-refractivity contribution >= 4 is 27.2 Å². The van der Waals surface area contributed by atoms with Crippen molar-refractivity contribution in [3.63, 3.8) is 0 Å². The second-order valence-electron chi connectivity index (χ2n) is 5.19. The van der Waals surface area contributed by atoms with Crippen LogP contribution in [0.2, 0.25) is 0 Å². The molecular weight excluding hydrogens is 330 g/mol. The molecule has 0 saturated heterocycles. The molecule has 1 amide bonds. The lowest BCUT2D eigenvalue weighted by Crippen LogP contribution is -2.21. The molecule has 0 bridgehead atoms. The first-order chi connectivity index (χ1) is 11.3. The molecule has 0 aromatic heterocycles. The van der Waals surface area contributed by atoms with Gasteiger partial charge in [-0.15, -0.1) is 0 Å². The zero-order chi connectivity index (χ0) is 17.7. The number of ether oxygens (including phenoxy) is 1. The first-order valence-corrected chi connectivity index (χ1v) is 8.99. The van der Waals surface area contributed by atoms with E-state index in [2.05, 4.69) is 5.32 Å². The molecular formula is C17H17NO5S. The molecule has 0 radical (unpaired) electrons. The van der Waals surface area contributed by atoms with E-state index in [-0.39, 0.29) is 23.0 Å². The Kier molecular flexibility index (Phi) is 5.35. The maximum Gasteiger partial charge on any atom is 0.262 e. The van der Waals surface area contributed by atoms with Crippen LogP contribution in [-0.4, -0.2) is 33.0 Å². The molecule has 2 rings (SSSR count). The molecule has 0 atom stereocenters. The fourth-order valence-electron chi connectivity index (χ4n) is 2.03. The summed E-state index contributed by atoms with van der Waals surface area (Å²) in [5.41, 5.74) is 0.813. The quantitative estimate of drug-likeness (QED) is 0.810. The van der Waals surface area contributed by atoms with Gasteiger partial charge in [0.15, 0.2) is 22.2 Å². The average molecular weight is 347 g/mol. The molecule has 0 fully saturated rings. The highest BCUT2D eigenvalue weighted by Crippen LogP contribution is 2.18. The highest BCUT2D eigenvalue weighted by molar-refractivity contribution is 7.90. The third-order valence-corrected chi connectivity index (χ3v) is 4.29. The monoisotopic (exact) mass is 347 g/mol. The Hall–Kier alpha value is -2.67. The zero-order valence-corrected chi connectivity index (χ0v) is 14.1. The minimum absolute atomic E-state index is 0.113. The Morgan fingerprint density at radius 2 is 1.79 bits per heavy atom. The van der Waals surface area contributed by atoms with E-state index in [1.807, 2.05) is 0 Å². The summed E-state index contributed by atoms with van der Waals surface area (Å²) in [6.45, 7) is 1.11. The lowest BCUT2D eigenvalue weighted by molar-refractivity contribution is -0.118. The predicted molar refractivity (Wildman–Crippen MR) is 90.1 cm³/mol. The second kappa shape index (κ2) is 7.27. The van der Waals surface area contributed by atoms with Crippen LogP contribution in [0.3, 0.4) is 0 Å². The van der Waals surface area contributed by atoms with Gasteiger partial charge in [0.25, 0.3) is 5.91 Å². The Balaban J connectivity index is 2.03. The van der Waals surface area contributed by atoms with Gasteiger partial charge in [0.1, 0.15) is 5.75 Å². The normalized spacial score (nSPS) is 10.9. The molecule has 126 valence electrons. The summed E-state index contributed by atoms with van der Waals surface area (Å²) in [4.78, 5) is 23.6. The number of carbonyl (C=O) groups excluding carboxylic acids is 2. The molecule has 0 aliphatic heterocycles. The predicted octanol–water partition coefficient (Wildman–Crippen LogP) is 2.31. The Morgan fingerprint density at radius 3 is 2.46 bits per heavy atom. The van der Waals surface area contributed by atoms with E-state index >= 15 is 0 Å². The van der Waals surface area contributed by atoms with Gasteiger partial charge < -0.3 is 10.1 Å². The first kappa shape index (κ1) is 17.7. The molecule has 1 N–H and O–H groups in total. The first-order valence-electron chi connectivity index (χ1n) is 7.10. The van der Waals surface area contributed by atoms with Gasteiger partial charge in [0, 0.05) is 11.8 Å². The Labute approximate surface area is 140 Å². The number of nitrogens with one attached hydrogen (secondary N) is 1. The largest absolute Gasteiger partial charge is 0.484 e. The van der Waals surface area contributed by atoms with Crippen LogP contribution in [0, 0.1) is 0 Å². The number of Topliss-reactive ketones (excluding diaryl/α,β-unsaturated/α-hetero) is 1. The minimum atomic E-state index is -3.35. The van der Waals surface area contributed by atoms with Gasteiger partial charge in [0.2, 0.25) is 0 Å². The van der Waals surface area contributed by atoms with Crippen molar-refractivity contribution in [3.05, 3.63) is 54.1 Å². The number of hydrogen-bond donors (Lipinski definition) is 1. The van der Waals surface area contributed by atoms with Crippen molar-refractivity contribution in [3.8, 4) is 5.75 Å².